The van der Waals surface area contributed by atoms with Gasteiger partial charge in [-0.2, -0.15) is 0 Å². The minimum absolute atomic E-state index is 0.0215. The Morgan fingerprint density at radius 2 is 2.28 bits per heavy atom. The molecule has 7 heteroatoms. The van der Waals surface area contributed by atoms with Gasteiger partial charge in [-0.25, -0.2) is 0 Å². The molecule has 0 radical (unpaired) electrons. The van der Waals surface area contributed by atoms with E-state index in [1.54, 1.807) is 6.92 Å². The topological polar surface area (TPSA) is 116 Å². The van der Waals surface area contributed by atoms with Crippen LogP contribution < -0.4 is 10.5 Å². The van der Waals surface area contributed by atoms with Crippen molar-refractivity contribution >= 4 is 11.7 Å². The molecule has 18 heavy (non-hydrogen) atoms. The van der Waals surface area contributed by atoms with E-state index in [0.717, 1.165) is 0 Å². The van der Waals surface area contributed by atoms with E-state index in [0.29, 0.717) is 17.9 Å². The third-order valence-electron chi connectivity index (χ3n) is 2.31. The van der Waals surface area contributed by atoms with Crippen molar-refractivity contribution in [1.82, 2.24) is 0 Å². The van der Waals surface area contributed by atoms with Crippen LogP contribution in [0.25, 0.3) is 0 Å². The highest BCUT2D eigenvalue weighted by atomic mass is 16.6. The SMILES string of the molecule is CCOc1ccc([N+](=O)[O-])cc1CC(N)C(=O)O. The maximum absolute atomic E-state index is 10.7. The van der Waals surface area contributed by atoms with Crippen LogP contribution in [0.1, 0.15) is 12.5 Å². The summed E-state index contributed by atoms with van der Waals surface area (Å²) in [4.78, 5) is 20.8. The number of hydrogen-bond acceptors (Lipinski definition) is 5. The van der Waals surface area contributed by atoms with Crippen molar-refractivity contribution in [1.29, 1.82) is 0 Å². The first-order chi connectivity index (χ1) is 8.45. The smallest absolute Gasteiger partial charge is 0.320 e. The molecule has 0 aromatic heterocycles. The summed E-state index contributed by atoms with van der Waals surface area (Å²) < 4.78 is 5.28. The molecule has 0 saturated carbocycles. The van der Waals surface area contributed by atoms with Gasteiger partial charge in [-0.1, -0.05) is 0 Å². The third-order valence-corrected chi connectivity index (χ3v) is 2.31. The number of hydrogen-bond donors (Lipinski definition) is 2. The number of carbonyl (C=O) groups is 1. The predicted molar refractivity (Wildman–Crippen MR) is 63.6 cm³/mol. The Labute approximate surface area is 103 Å². The van der Waals surface area contributed by atoms with Gasteiger partial charge in [0.05, 0.1) is 11.5 Å². The number of nitro benzene ring substituents is 1. The molecule has 0 saturated heterocycles. The van der Waals surface area contributed by atoms with Crippen LogP contribution in [0.4, 0.5) is 5.69 Å². The molecule has 0 aliphatic heterocycles. The van der Waals surface area contributed by atoms with Crippen LogP contribution >= 0.6 is 0 Å². The van der Waals surface area contributed by atoms with Crippen LogP contribution in [0.15, 0.2) is 18.2 Å². The summed E-state index contributed by atoms with van der Waals surface area (Å²) in [5.41, 5.74) is 5.71. The monoisotopic (exact) mass is 254 g/mol. The van der Waals surface area contributed by atoms with Gasteiger partial charge in [-0.3, -0.25) is 14.9 Å². The van der Waals surface area contributed by atoms with Gasteiger partial charge in [0.2, 0.25) is 0 Å². The quantitative estimate of drug-likeness (QED) is 0.576. The molecule has 0 spiro atoms. The van der Waals surface area contributed by atoms with Gasteiger partial charge in [-0.05, 0) is 13.0 Å². The summed E-state index contributed by atoms with van der Waals surface area (Å²) >= 11 is 0. The second-order valence-corrected chi connectivity index (χ2v) is 3.63. The molecule has 1 aromatic carbocycles. The average Bonchev–Trinajstić information content (AvgIpc) is 2.31. The maximum Gasteiger partial charge on any atom is 0.320 e. The number of nitro groups is 1. The molecule has 98 valence electrons. The number of non-ortho nitro benzene ring substituents is 1. The number of carboxylic acid groups (broad SMARTS) is 1. The fourth-order valence-electron chi connectivity index (χ4n) is 1.46. The predicted octanol–water partition coefficient (Wildman–Crippen LogP) is 0.948. The van der Waals surface area contributed by atoms with Crippen molar-refractivity contribution in [3.05, 3.63) is 33.9 Å². The van der Waals surface area contributed by atoms with Crippen molar-refractivity contribution in [3.8, 4) is 5.75 Å². The number of rotatable bonds is 6. The Hall–Kier alpha value is -2.15. The molecule has 7 nitrogen and oxygen atoms in total. The molecule has 0 aliphatic rings. The Morgan fingerprint density at radius 1 is 1.61 bits per heavy atom. The molecule has 1 unspecified atom stereocenters. The van der Waals surface area contributed by atoms with Crippen LogP contribution in [0, 0.1) is 10.1 Å². The Morgan fingerprint density at radius 3 is 2.78 bits per heavy atom. The van der Waals surface area contributed by atoms with Gasteiger partial charge in [0.15, 0.2) is 0 Å². The summed E-state index contributed by atoms with van der Waals surface area (Å²) in [6.07, 6.45) is -0.0215. The zero-order chi connectivity index (χ0) is 13.7. The molecule has 1 aromatic rings. The van der Waals surface area contributed by atoms with Gasteiger partial charge in [0.25, 0.3) is 5.69 Å². The first-order valence-electron chi connectivity index (χ1n) is 5.34. The first kappa shape index (κ1) is 13.9. The molecular formula is C11H14N2O5. The van der Waals surface area contributed by atoms with Crippen LogP contribution in [-0.2, 0) is 11.2 Å². The lowest BCUT2D eigenvalue weighted by Crippen LogP contribution is -2.32. The van der Waals surface area contributed by atoms with Crippen molar-refractivity contribution in [2.45, 2.75) is 19.4 Å². The van der Waals surface area contributed by atoms with Crippen LogP contribution in [0.5, 0.6) is 5.75 Å². The fourth-order valence-corrected chi connectivity index (χ4v) is 1.46. The first-order valence-corrected chi connectivity index (χ1v) is 5.34. The van der Waals surface area contributed by atoms with E-state index in [2.05, 4.69) is 0 Å². The molecule has 1 rings (SSSR count). The van der Waals surface area contributed by atoms with Crippen molar-refractivity contribution in [3.63, 3.8) is 0 Å². The third kappa shape index (κ3) is 3.42. The fraction of sp³-hybridized carbons (Fsp3) is 0.364. The van der Waals surface area contributed by atoms with E-state index < -0.39 is 16.9 Å². The maximum atomic E-state index is 10.7. The Balaban J connectivity index is 3.06. The van der Waals surface area contributed by atoms with Gasteiger partial charge in [0, 0.05) is 24.1 Å². The van der Waals surface area contributed by atoms with Gasteiger partial charge in [-0.15, -0.1) is 0 Å². The van der Waals surface area contributed by atoms with Crippen LogP contribution in [0.3, 0.4) is 0 Å². The summed E-state index contributed by atoms with van der Waals surface area (Å²) in [5, 5.41) is 19.4. The zero-order valence-electron chi connectivity index (χ0n) is 9.83. The highest BCUT2D eigenvalue weighted by Gasteiger charge is 2.18. The van der Waals surface area contributed by atoms with Crippen molar-refractivity contribution in [2.24, 2.45) is 5.73 Å². The number of carboxylic acids is 1. The number of nitrogens with zero attached hydrogens (tertiary/aromatic N) is 1. The minimum atomic E-state index is -1.16. The van der Waals surface area contributed by atoms with E-state index in [9.17, 15) is 14.9 Å². The van der Waals surface area contributed by atoms with E-state index in [4.69, 9.17) is 15.6 Å². The van der Waals surface area contributed by atoms with Crippen LogP contribution in [-0.4, -0.2) is 28.6 Å². The van der Waals surface area contributed by atoms with E-state index >= 15 is 0 Å². The number of benzene rings is 1. The van der Waals surface area contributed by atoms with E-state index in [1.807, 2.05) is 0 Å². The zero-order valence-corrected chi connectivity index (χ0v) is 9.83. The summed E-state index contributed by atoms with van der Waals surface area (Å²) in [6.45, 7) is 2.15. The number of aliphatic carboxylic acids is 1. The highest BCUT2D eigenvalue weighted by Crippen LogP contribution is 2.25. The average molecular weight is 254 g/mol. The standard InChI is InChI=1S/C11H14N2O5/c1-2-18-10-4-3-8(13(16)17)5-7(10)6-9(12)11(14)15/h3-5,9H,2,6,12H2,1H3,(H,14,15). The summed E-state index contributed by atoms with van der Waals surface area (Å²) in [6, 6.07) is 2.92. The summed E-state index contributed by atoms with van der Waals surface area (Å²) in [7, 11) is 0. The second-order valence-electron chi connectivity index (χ2n) is 3.63. The van der Waals surface area contributed by atoms with Crippen molar-refractivity contribution < 1.29 is 19.6 Å². The van der Waals surface area contributed by atoms with Gasteiger partial charge < -0.3 is 15.6 Å². The summed E-state index contributed by atoms with van der Waals surface area (Å²) in [5.74, 6) is -0.747. The van der Waals surface area contributed by atoms with Gasteiger partial charge >= 0.3 is 5.97 Å². The van der Waals surface area contributed by atoms with Gasteiger partial charge in [0.1, 0.15) is 11.8 Å². The largest absolute Gasteiger partial charge is 0.494 e. The lowest BCUT2D eigenvalue weighted by atomic mass is 10.0. The molecule has 3 N–H and O–H groups in total. The number of ether oxygens (including phenoxy) is 1. The minimum Gasteiger partial charge on any atom is -0.494 e. The Kier molecular flexibility index (Phi) is 4.61. The molecule has 0 aliphatic carbocycles. The van der Waals surface area contributed by atoms with Crippen molar-refractivity contribution in [2.75, 3.05) is 6.61 Å². The molecule has 0 bridgehead atoms. The Bertz CT molecular complexity index is 461. The number of nitrogens with two attached hydrogens (primary N) is 1. The lowest BCUT2D eigenvalue weighted by Gasteiger charge is -2.12. The van der Waals surface area contributed by atoms with E-state index in [-0.39, 0.29) is 12.1 Å². The second kappa shape index (κ2) is 5.97. The molecule has 1 atom stereocenters. The molecular weight excluding hydrogens is 240 g/mol. The van der Waals surface area contributed by atoms with E-state index in [1.165, 1.54) is 18.2 Å². The molecule has 0 heterocycles. The lowest BCUT2D eigenvalue weighted by molar-refractivity contribution is -0.384. The molecule has 0 fully saturated rings. The van der Waals surface area contributed by atoms with Crippen LogP contribution in [0.2, 0.25) is 0 Å². The highest BCUT2D eigenvalue weighted by molar-refractivity contribution is 5.73. The normalized spacial score (nSPS) is 11.9. The molecule has 0 amide bonds.